The molecule has 0 saturated heterocycles. The van der Waals surface area contributed by atoms with Crippen LogP contribution in [0.1, 0.15) is 24.2 Å². The Labute approximate surface area is 116 Å². The van der Waals surface area contributed by atoms with Crippen LogP contribution in [-0.2, 0) is 0 Å². The molecule has 0 bridgehead atoms. The number of rotatable bonds is 5. The predicted octanol–water partition coefficient (Wildman–Crippen LogP) is 2.17. The third-order valence-corrected chi connectivity index (χ3v) is 3.31. The molecule has 1 rings (SSSR count). The number of halogens is 1. The summed E-state index contributed by atoms with van der Waals surface area (Å²) < 4.78 is 5.88. The molecule has 1 aromatic rings. The molecule has 0 atom stereocenters. The van der Waals surface area contributed by atoms with Crippen LogP contribution in [0.15, 0.2) is 22.7 Å². The first kappa shape index (κ1) is 15.0. The minimum absolute atomic E-state index is 0.0979. The molecule has 5 heteroatoms. The highest BCUT2D eigenvalue weighted by molar-refractivity contribution is 9.10. The van der Waals surface area contributed by atoms with E-state index >= 15 is 0 Å². The van der Waals surface area contributed by atoms with Crippen LogP contribution in [0, 0.1) is 5.41 Å². The van der Waals surface area contributed by atoms with Gasteiger partial charge in [-0.15, -0.1) is 0 Å². The Morgan fingerprint density at radius 3 is 2.67 bits per heavy atom. The van der Waals surface area contributed by atoms with Crippen molar-refractivity contribution in [2.75, 3.05) is 20.2 Å². The van der Waals surface area contributed by atoms with E-state index in [2.05, 4.69) is 21.2 Å². The molecule has 0 heterocycles. The second-order valence-electron chi connectivity index (χ2n) is 4.90. The van der Waals surface area contributed by atoms with Gasteiger partial charge in [0.25, 0.3) is 5.91 Å². The zero-order valence-electron chi connectivity index (χ0n) is 10.9. The Bertz CT molecular complexity index is 433. The Kier molecular flexibility index (Phi) is 5.16. The molecule has 3 N–H and O–H groups in total. The molecule has 0 aliphatic rings. The highest BCUT2D eigenvalue weighted by atomic mass is 79.9. The van der Waals surface area contributed by atoms with Crippen molar-refractivity contribution >= 4 is 21.8 Å². The SMILES string of the molecule is COc1ccc(C(=O)NCC(C)(C)CN)cc1Br. The van der Waals surface area contributed by atoms with Gasteiger partial charge < -0.3 is 15.8 Å². The molecule has 0 radical (unpaired) electrons. The van der Waals surface area contributed by atoms with Crippen LogP contribution < -0.4 is 15.8 Å². The van der Waals surface area contributed by atoms with Crippen LogP contribution in [-0.4, -0.2) is 26.1 Å². The number of hydrogen-bond donors (Lipinski definition) is 2. The molecule has 0 fully saturated rings. The molecular formula is C13H19BrN2O2. The summed E-state index contributed by atoms with van der Waals surface area (Å²) in [5, 5.41) is 2.87. The molecule has 18 heavy (non-hydrogen) atoms. The topological polar surface area (TPSA) is 64.3 Å². The molecule has 0 saturated carbocycles. The molecular weight excluding hydrogens is 296 g/mol. The number of benzene rings is 1. The Balaban J connectivity index is 2.71. The second-order valence-corrected chi connectivity index (χ2v) is 5.75. The van der Waals surface area contributed by atoms with Gasteiger partial charge in [0, 0.05) is 12.1 Å². The Hall–Kier alpha value is -1.07. The largest absolute Gasteiger partial charge is 0.496 e. The lowest BCUT2D eigenvalue weighted by molar-refractivity contribution is 0.0938. The standard InChI is InChI=1S/C13H19BrN2O2/c1-13(2,7-15)8-16-12(17)9-4-5-11(18-3)10(14)6-9/h4-6H,7-8,15H2,1-3H3,(H,16,17). The van der Waals surface area contributed by atoms with E-state index in [9.17, 15) is 4.79 Å². The summed E-state index contributed by atoms with van der Waals surface area (Å²) in [6.07, 6.45) is 0. The molecule has 4 nitrogen and oxygen atoms in total. The van der Waals surface area contributed by atoms with Gasteiger partial charge in [0.1, 0.15) is 5.75 Å². The van der Waals surface area contributed by atoms with Crippen molar-refractivity contribution in [2.24, 2.45) is 11.1 Å². The zero-order valence-corrected chi connectivity index (χ0v) is 12.5. The molecule has 0 aromatic heterocycles. The van der Waals surface area contributed by atoms with E-state index in [4.69, 9.17) is 10.5 Å². The van der Waals surface area contributed by atoms with Gasteiger partial charge in [0.05, 0.1) is 11.6 Å². The van der Waals surface area contributed by atoms with E-state index in [0.717, 1.165) is 4.47 Å². The number of ether oxygens (including phenoxy) is 1. The second kappa shape index (κ2) is 6.20. The van der Waals surface area contributed by atoms with Crippen molar-refractivity contribution < 1.29 is 9.53 Å². The molecule has 100 valence electrons. The fourth-order valence-corrected chi connectivity index (χ4v) is 1.84. The molecule has 1 amide bonds. The third kappa shape index (κ3) is 3.99. The van der Waals surface area contributed by atoms with Crippen LogP contribution in [0.3, 0.4) is 0 Å². The molecule has 1 aromatic carbocycles. The van der Waals surface area contributed by atoms with Gasteiger partial charge >= 0.3 is 0 Å². The fourth-order valence-electron chi connectivity index (χ4n) is 1.30. The third-order valence-electron chi connectivity index (χ3n) is 2.69. The minimum Gasteiger partial charge on any atom is -0.496 e. The van der Waals surface area contributed by atoms with Gasteiger partial charge in [-0.3, -0.25) is 4.79 Å². The first-order chi connectivity index (χ1) is 8.39. The van der Waals surface area contributed by atoms with Gasteiger partial charge in [-0.25, -0.2) is 0 Å². The normalized spacial score (nSPS) is 11.2. The lowest BCUT2D eigenvalue weighted by Crippen LogP contribution is -2.38. The quantitative estimate of drug-likeness (QED) is 0.875. The first-order valence-electron chi connectivity index (χ1n) is 5.71. The summed E-state index contributed by atoms with van der Waals surface area (Å²) in [6.45, 7) is 5.10. The fraction of sp³-hybridized carbons (Fsp3) is 0.462. The highest BCUT2D eigenvalue weighted by Gasteiger charge is 2.17. The zero-order chi connectivity index (χ0) is 13.8. The number of nitrogens with two attached hydrogens (primary N) is 1. The van der Waals surface area contributed by atoms with Crippen LogP contribution in [0.2, 0.25) is 0 Å². The van der Waals surface area contributed by atoms with Gasteiger partial charge in [-0.1, -0.05) is 13.8 Å². The number of hydrogen-bond acceptors (Lipinski definition) is 3. The average Bonchev–Trinajstić information content (AvgIpc) is 2.36. The summed E-state index contributed by atoms with van der Waals surface area (Å²) in [6, 6.07) is 5.23. The monoisotopic (exact) mass is 314 g/mol. The van der Waals surface area contributed by atoms with Crippen LogP contribution in [0.25, 0.3) is 0 Å². The summed E-state index contributed by atoms with van der Waals surface area (Å²) >= 11 is 3.35. The summed E-state index contributed by atoms with van der Waals surface area (Å²) in [5.74, 6) is 0.591. The lowest BCUT2D eigenvalue weighted by Gasteiger charge is -2.22. The Morgan fingerprint density at radius 2 is 2.17 bits per heavy atom. The van der Waals surface area contributed by atoms with Crippen LogP contribution in [0.5, 0.6) is 5.75 Å². The minimum atomic E-state index is -0.111. The van der Waals surface area contributed by atoms with E-state index in [1.807, 2.05) is 13.8 Å². The van der Waals surface area contributed by atoms with Gasteiger partial charge in [0.15, 0.2) is 0 Å². The number of nitrogens with one attached hydrogen (secondary N) is 1. The molecule has 0 aliphatic heterocycles. The van der Waals surface area contributed by atoms with Crippen molar-refractivity contribution in [3.05, 3.63) is 28.2 Å². The average molecular weight is 315 g/mol. The Morgan fingerprint density at radius 1 is 1.50 bits per heavy atom. The summed E-state index contributed by atoms with van der Waals surface area (Å²) in [4.78, 5) is 11.9. The van der Waals surface area contributed by atoms with Gasteiger partial charge in [0.2, 0.25) is 0 Å². The number of amides is 1. The maximum Gasteiger partial charge on any atom is 0.251 e. The van der Waals surface area contributed by atoms with E-state index in [0.29, 0.717) is 24.4 Å². The highest BCUT2D eigenvalue weighted by Crippen LogP contribution is 2.25. The molecule has 0 aliphatic carbocycles. The number of carbonyl (C=O) groups is 1. The van der Waals surface area contributed by atoms with E-state index < -0.39 is 0 Å². The van der Waals surface area contributed by atoms with Gasteiger partial charge in [-0.2, -0.15) is 0 Å². The maximum atomic E-state index is 11.9. The number of methoxy groups -OCH3 is 1. The number of carbonyl (C=O) groups excluding carboxylic acids is 1. The smallest absolute Gasteiger partial charge is 0.251 e. The first-order valence-corrected chi connectivity index (χ1v) is 6.51. The van der Waals surface area contributed by atoms with Crippen LogP contribution in [0.4, 0.5) is 0 Å². The van der Waals surface area contributed by atoms with E-state index in [1.165, 1.54) is 0 Å². The van der Waals surface area contributed by atoms with E-state index in [1.54, 1.807) is 25.3 Å². The van der Waals surface area contributed by atoms with Crippen molar-refractivity contribution in [3.63, 3.8) is 0 Å². The van der Waals surface area contributed by atoms with Crippen LogP contribution >= 0.6 is 15.9 Å². The molecule has 0 unspecified atom stereocenters. The molecule has 0 spiro atoms. The predicted molar refractivity (Wildman–Crippen MR) is 75.9 cm³/mol. The van der Waals surface area contributed by atoms with Gasteiger partial charge in [-0.05, 0) is 46.1 Å². The van der Waals surface area contributed by atoms with Crippen molar-refractivity contribution in [2.45, 2.75) is 13.8 Å². The lowest BCUT2D eigenvalue weighted by atomic mass is 9.94. The summed E-state index contributed by atoms with van der Waals surface area (Å²) in [7, 11) is 1.59. The maximum absolute atomic E-state index is 11.9. The summed E-state index contributed by atoms with van der Waals surface area (Å²) in [5.41, 5.74) is 6.11. The van der Waals surface area contributed by atoms with E-state index in [-0.39, 0.29) is 11.3 Å². The van der Waals surface area contributed by atoms with Crippen molar-refractivity contribution in [1.29, 1.82) is 0 Å². The van der Waals surface area contributed by atoms with Crippen molar-refractivity contribution in [1.82, 2.24) is 5.32 Å². The van der Waals surface area contributed by atoms with Crippen molar-refractivity contribution in [3.8, 4) is 5.75 Å².